The van der Waals surface area contributed by atoms with Crippen molar-refractivity contribution < 1.29 is 14.6 Å². The van der Waals surface area contributed by atoms with Gasteiger partial charge >= 0.3 is 5.97 Å². The third kappa shape index (κ3) is 4.09. The van der Waals surface area contributed by atoms with Crippen LogP contribution in [0.25, 0.3) is 0 Å². The van der Waals surface area contributed by atoms with Gasteiger partial charge in [0.15, 0.2) is 5.17 Å². The second kappa shape index (κ2) is 7.28. The zero-order chi connectivity index (χ0) is 15.2. The molecule has 0 saturated carbocycles. The number of amidine groups is 1. The molecule has 0 spiro atoms. The standard InChI is InChI=1S/C15H18N2O3S/c1-2-20-14(19)8-12-10-21-15(16)17(12)9-13(18)11-6-4-3-5-7-11/h3-8,13,16,18H,2,9-10H2,1H3/b12-8+,16-15?. The van der Waals surface area contributed by atoms with Gasteiger partial charge in [-0.2, -0.15) is 0 Å². The van der Waals surface area contributed by atoms with Gasteiger partial charge < -0.3 is 14.7 Å². The summed E-state index contributed by atoms with van der Waals surface area (Å²) in [5, 5.41) is 18.5. The number of nitrogens with zero attached hydrogens (tertiary/aromatic N) is 1. The van der Waals surface area contributed by atoms with Gasteiger partial charge in [0.1, 0.15) is 0 Å². The zero-order valence-corrected chi connectivity index (χ0v) is 12.6. The number of carbonyl (C=O) groups is 1. The minimum absolute atomic E-state index is 0.251. The first kappa shape index (κ1) is 15.6. The zero-order valence-electron chi connectivity index (χ0n) is 11.8. The van der Waals surface area contributed by atoms with E-state index in [1.165, 1.54) is 17.8 Å². The maximum Gasteiger partial charge on any atom is 0.332 e. The van der Waals surface area contributed by atoms with E-state index in [1.807, 2.05) is 30.3 Å². The Labute approximate surface area is 128 Å². The lowest BCUT2D eigenvalue weighted by Gasteiger charge is -2.22. The average molecular weight is 306 g/mol. The van der Waals surface area contributed by atoms with E-state index in [9.17, 15) is 9.90 Å². The van der Waals surface area contributed by atoms with Crippen molar-refractivity contribution in [2.45, 2.75) is 13.0 Å². The number of esters is 1. The molecule has 21 heavy (non-hydrogen) atoms. The van der Waals surface area contributed by atoms with Crippen LogP contribution in [0.1, 0.15) is 18.6 Å². The highest BCUT2D eigenvalue weighted by Crippen LogP contribution is 2.28. The normalized spacial score (nSPS) is 18.1. The molecular weight excluding hydrogens is 288 g/mol. The Morgan fingerprint density at radius 2 is 2.24 bits per heavy atom. The molecule has 0 amide bonds. The van der Waals surface area contributed by atoms with E-state index in [-0.39, 0.29) is 6.54 Å². The second-order valence-corrected chi connectivity index (χ2v) is 5.48. The lowest BCUT2D eigenvalue weighted by Crippen LogP contribution is -2.28. The summed E-state index contributed by atoms with van der Waals surface area (Å²) in [4.78, 5) is 13.2. The summed E-state index contributed by atoms with van der Waals surface area (Å²) in [5.41, 5.74) is 1.48. The Bertz CT molecular complexity index is 545. The number of nitrogens with one attached hydrogen (secondary N) is 1. The van der Waals surface area contributed by atoms with Gasteiger partial charge in [-0.05, 0) is 12.5 Å². The molecule has 2 rings (SSSR count). The molecule has 1 atom stereocenters. The van der Waals surface area contributed by atoms with Crippen LogP contribution in [0.2, 0.25) is 0 Å². The van der Waals surface area contributed by atoms with E-state index < -0.39 is 12.1 Å². The molecule has 0 radical (unpaired) electrons. The van der Waals surface area contributed by atoms with Crippen molar-refractivity contribution in [3.63, 3.8) is 0 Å². The maximum absolute atomic E-state index is 11.5. The van der Waals surface area contributed by atoms with Crippen molar-refractivity contribution in [3.8, 4) is 0 Å². The SMILES string of the molecule is CCOC(=O)/C=C1\CSC(=N)N1CC(O)c1ccccc1. The minimum atomic E-state index is -0.712. The molecule has 5 nitrogen and oxygen atoms in total. The molecule has 1 aliphatic rings. The molecular formula is C15H18N2O3S. The van der Waals surface area contributed by atoms with Crippen LogP contribution in [0.3, 0.4) is 0 Å². The van der Waals surface area contributed by atoms with E-state index in [1.54, 1.807) is 11.8 Å². The molecule has 1 fully saturated rings. The Balaban J connectivity index is 2.09. The Kier molecular flexibility index (Phi) is 5.41. The van der Waals surface area contributed by atoms with Gasteiger partial charge in [0.2, 0.25) is 0 Å². The monoisotopic (exact) mass is 306 g/mol. The van der Waals surface area contributed by atoms with Gasteiger partial charge in [-0.3, -0.25) is 5.41 Å². The molecule has 112 valence electrons. The number of benzene rings is 1. The smallest absolute Gasteiger partial charge is 0.332 e. The number of hydrogen-bond acceptors (Lipinski definition) is 5. The van der Waals surface area contributed by atoms with Crippen molar-refractivity contribution in [2.75, 3.05) is 18.9 Å². The summed E-state index contributed by atoms with van der Waals surface area (Å²) in [6.07, 6.45) is 0.686. The molecule has 6 heteroatoms. The van der Waals surface area contributed by atoms with Crippen LogP contribution < -0.4 is 0 Å². The summed E-state index contributed by atoms with van der Waals surface area (Å²) in [6.45, 7) is 2.32. The number of carbonyl (C=O) groups excluding carboxylic acids is 1. The summed E-state index contributed by atoms with van der Waals surface area (Å²) in [5.74, 6) is 0.126. The second-order valence-electron chi connectivity index (χ2n) is 4.52. The topological polar surface area (TPSA) is 73.6 Å². The molecule has 1 aromatic rings. The van der Waals surface area contributed by atoms with Crippen LogP contribution in [0.4, 0.5) is 0 Å². The molecule has 2 N–H and O–H groups in total. The molecule has 1 saturated heterocycles. The van der Waals surface area contributed by atoms with Crippen LogP contribution in [0, 0.1) is 5.41 Å². The van der Waals surface area contributed by atoms with Crippen LogP contribution in [0.5, 0.6) is 0 Å². The van der Waals surface area contributed by atoms with Crippen LogP contribution >= 0.6 is 11.8 Å². The van der Waals surface area contributed by atoms with E-state index in [2.05, 4.69) is 0 Å². The largest absolute Gasteiger partial charge is 0.463 e. The Hall–Kier alpha value is -1.79. The fourth-order valence-electron chi connectivity index (χ4n) is 2.02. The highest BCUT2D eigenvalue weighted by atomic mass is 32.2. The van der Waals surface area contributed by atoms with E-state index >= 15 is 0 Å². The molecule has 1 aromatic carbocycles. The summed E-state index contributed by atoms with van der Waals surface area (Å²) < 4.78 is 4.89. The van der Waals surface area contributed by atoms with Crippen molar-refractivity contribution in [3.05, 3.63) is 47.7 Å². The summed E-state index contributed by atoms with van der Waals surface area (Å²) >= 11 is 1.33. The summed E-state index contributed by atoms with van der Waals surface area (Å²) in [7, 11) is 0. The van der Waals surface area contributed by atoms with E-state index in [4.69, 9.17) is 10.1 Å². The maximum atomic E-state index is 11.5. The first-order valence-corrected chi connectivity index (χ1v) is 7.69. The average Bonchev–Trinajstić information content (AvgIpc) is 2.81. The first-order valence-electron chi connectivity index (χ1n) is 6.71. The molecule has 0 aromatic heterocycles. The van der Waals surface area contributed by atoms with Gasteiger partial charge in [0.05, 0.1) is 19.3 Å². The van der Waals surface area contributed by atoms with E-state index in [0.717, 1.165) is 5.56 Å². The van der Waals surface area contributed by atoms with Crippen molar-refractivity contribution in [1.82, 2.24) is 4.90 Å². The molecule has 1 unspecified atom stereocenters. The molecule has 0 bridgehead atoms. The molecule has 1 aliphatic heterocycles. The predicted octanol–water partition coefficient (Wildman–Crippen LogP) is 2.15. The van der Waals surface area contributed by atoms with Crippen LogP contribution in [-0.2, 0) is 9.53 Å². The highest BCUT2D eigenvalue weighted by molar-refractivity contribution is 8.14. The lowest BCUT2D eigenvalue weighted by atomic mass is 10.1. The third-order valence-corrected chi connectivity index (χ3v) is 3.99. The number of aliphatic hydroxyl groups excluding tert-OH is 1. The van der Waals surface area contributed by atoms with Gasteiger partial charge in [0, 0.05) is 17.5 Å². The third-order valence-electron chi connectivity index (χ3n) is 3.06. The number of thioether (sulfide) groups is 1. The van der Waals surface area contributed by atoms with Gasteiger partial charge in [-0.25, -0.2) is 4.79 Å². The van der Waals surface area contributed by atoms with E-state index in [0.29, 0.717) is 23.2 Å². The van der Waals surface area contributed by atoms with Gasteiger partial charge in [-0.1, -0.05) is 42.1 Å². The predicted molar refractivity (Wildman–Crippen MR) is 83.0 cm³/mol. The summed E-state index contributed by atoms with van der Waals surface area (Å²) in [6, 6.07) is 9.28. The van der Waals surface area contributed by atoms with Crippen molar-refractivity contribution >= 4 is 22.9 Å². The Morgan fingerprint density at radius 1 is 1.52 bits per heavy atom. The number of aliphatic hydroxyl groups is 1. The lowest BCUT2D eigenvalue weighted by molar-refractivity contribution is -0.137. The number of rotatable bonds is 5. The van der Waals surface area contributed by atoms with Crippen molar-refractivity contribution in [2.24, 2.45) is 0 Å². The Morgan fingerprint density at radius 3 is 2.90 bits per heavy atom. The minimum Gasteiger partial charge on any atom is -0.463 e. The fourth-order valence-corrected chi connectivity index (χ4v) is 2.89. The number of β-amino-alcohol motifs (C(OH)–C–C–N with tert-alkyl or cyclic N) is 1. The number of ether oxygens (including phenoxy) is 1. The van der Waals surface area contributed by atoms with Gasteiger partial charge in [0.25, 0.3) is 0 Å². The number of hydrogen-bond donors (Lipinski definition) is 2. The molecule has 1 heterocycles. The van der Waals surface area contributed by atoms with Gasteiger partial charge in [-0.15, -0.1) is 0 Å². The van der Waals surface area contributed by atoms with Crippen LogP contribution in [-0.4, -0.2) is 40.0 Å². The van der Waals surface area contributed by atoms with Crippen LogP contribution in [0.15, 0.2) is 42.1 Å². The fraction of sp³-hybridized carbons (Fsp3) is 0.333. The molecule has 0 aliphatic carbocycles. The highest BCUT2D eigenvalue weighted by Gasteiger charge is 2.27. The quantitative estimate of drug-likeness (QED) is 0.644. The first-order chi connectivity index (χ1) is 10.1. The van der Waals surface area contributed by atoms with Crippen molar-refractivity contribution in [1.29, 1.82) is 5.41 Å².